The number of carbonyl (C=O) groups excluding carboxylic acids is 1. The minimum atomic E-state index is 0. The quantitative estimate of drug-likeness (QED) is 0.323. The molecule has 170 valence electrons. The second-order valence-corrected chi connectivity index (χ2v) is 8.05. The molecule has 8 heteroatoms. The fraction of sp³-hybridized carbons (Fsp3) is 0.522. The largest absolute Gasteiger partial charge is 0.357 e. The summed E-state index contributed by atoms with van der Waals surface area (Å²) in [6.45, 7) is 9.70. The Labute approximate surface area is 202 Å². The van der Waals surface area contributed by atoms with Crippen molar-refractivity contribution in [1.29, 1.82) is 0 Å². The number of nitrogens with one attached hydrogen (secondary N) is 2. The zero-order chi connectivity index (χ0) is 21.3. The lowest BCUT2D eigenvalue weighted by Gasteiger charge is -2.34. The average molecular weight is 538 g/mol. The van der Waals surface area contributed by atoms with Gasteiger partial charge in [-0.3, -0.25) is 4.79 Å². The molecule has 0 bridgehead atoms. The number of likely N-dealkylation sites (tertiary alicyclic amines) is 1. The van der Waals surface area contributed by atoms with Gasteiger partial charge in [0.2, 0.25) is 5.91 Å². The molecule has 1 saturated heterocycles. The van der Waals surface area contributed by atoms with Gasteiger partial charge in [-0.1, -0.05) is 44.2 Å². The number of hydrogen-bond donors (Lipinski definition) is 2. The van der Waals surface area contributed by atoms with Crippen LogP contribution in [0.2, 0.25) is 0 Å². The van der Waals surface area contributed by atoms with E-state index in [1.165, 1.54) is 5.56 Å². The Hall–Kier alpha value is -2.10. The average Bonchev–Trinajstić information content (AvgIpc) is 3.19. The molecule has 1 aromatic carbocycles. The number of guanidine groups is 1. The molecular weight excluding hydrogens is 503 g/mol. The Morgan fingerprint density at radius 1 is 1.23 bits per heavy atom. The zero-order valence-corrected chi connectivity index (χ0v) is 21.1. The summed E-state index contributed by atoms with van der Waals surface area (Å²) in [5.74, 6) is 2.06. The summed E-state index contributed by atoms with van der Waals surface area (Å²) in [4.78, 5) is 23.4. The number of aromatic nitrogens is 2. The first-order valence-electron chi connectivity index (χ1n) is 10.9. The van der Waals surface area contributed by atoms with E-state index in [-0.39, 0.29) is 35.8 Å². The molecule has 0 atom stereocenters. The van der Waals surface area contributed by atoms with E-state index in [0.29, 0.717) is 12.6 Å². The van der Waals surface area contributed by atoms with Crippen molar-refractivity contribution in [2.45, 2.75) is 52.7 Å². The molecule has 1 fully saturated rings. The van der Waals surface area contributed by atoms with Gasteiger partial charge in [0.1, 0.15) is 12.4 Å². The number of amides is 1. The summed E-state index contributed by atoms with van der Waals surface area (Å²) in [6, 6.07) is 10.7. The Bertz CT molecular complexity index is 828. The highest BCUT2D eigenvalue weighted by Crippen LogP contribution is 2.13. The van der Waals surface area contributed by atoms with E-state index < -0.39 is 0 Å². The lowest BCUT2D eigenvalue weighted by Crippen LogP contribution is -2.50. The van der Waals surface area contributed by atoms with Crippen LogP contribution in [0, 0.1) is 5.92 Å². The molecule has 1 aliphatic heterocycles. The number of aliphatic imine (C=N–C) groups is 1. The van der Waals surface area contributed by atoms with E-state index in [0.717, 1.165) is 50.8 Å². The van der Waals surface area contributed by atoms with Gasteiger partial charge in [-0.05, 0) is 25.3 Å². The Balaban J connectivity index is 0.00000341. The van der Waals surface area contributed by atoms with Crippen molar-refractivity contribution in [2.24, 2.45) is 10.9 Å². The second-order valence-electron chi connectivity index (χ2n) is 8.05. The minimum absolute atomic E-state index is 0. The first-order chi connectivity index (χ1) is 14.6. The lowest BCUT2D eigenvalue weighted by atomic mass is 10.0. The van der Waals surface area contributed by atoms with Crippen LogP contribution in [-0.2, 0) is 17.9 Å². The third-order valence-electron chi connectivity index (χ3n) is 5.36. The van der Waals surface area contributed by atoms with Crippen LogP contribution in [-0.4, -0.2) is 52.0 Å². The van der Waals surface area contributed by atoms with Gasteiger partial charge in [0.15, 0.2) is 5.96 Å². The van der Waals surface area contributed by atoms with Gasteiger partial charge in [0.25, 0.3) is 0 Å². The number of imidazole rings is 1. The molecule has 7 nitrogen and oxygen atoms in total. The van der Waals surface area contributed by atoms with Gasteiger partial charge < -0.3 is 20.1 Å². The van der Waals surface area contributed by atoms with Crippen LogP contribution in [0.1, 0.15) is 45.0 Å². The Morgan fingerprint density at radius 2 is 1.94 bits per heavy atom. The molecule has 2 aromatic rings. The van der Waals surface area contributed by atoms with E-state index in [1.807, 2.05) is 37.2 Å². The van der Waals surface area contributed by atoms with E-state index in [2.05, 4.69) is 51.4 Å². The molecular formula is C23H35IN6O. The molecule has 0 spiro atoms. The molecule has 0 saturated carbocycles. The summed E-state index contributed by atoms with van der Waals surface area (Å²) in [5.41, 5.74) is 1.24. The van der Waals surface area contributed by atoms with Crippen molar-refractivity contribution in [3.63, 3.8) is 0 Å². The standard InChI is InChI=1S/C23H34N6O.HI/c1-4-24-23(27-20-10-13-28(14-11-20)22(30)18(2)3)26-16-21-25-12-15-29(21)17-19-8-6-5-7-9-19;/h5-9,12,15,18,20H,4,10-11,13-14,16-17H2,1-3H3,(H2,24,26,27);1H. The van der Waals surface area contributed by atoms with Crippen molar-refractivity contribution in [2.75, 3.05) is 19.6 Å². The lowest BCUT2D eigenvalue weighted by molar-refractivity contribution is -0.135. The Morgan fingerprint density at radius 3 is 2.58 bits per heavy atom. The second kappa shape index (κ2) is 12.7. The number of nitrogens with zero attached hydrogens (tertiary/aromatic N) is 4. The van der Waals surface area contributed by atoms with Crippen molar-refractivity contribution in [3.05, 3.63) is 54.1 Å². The predicted octanol–water partition coefficient (Wildman–Crippen LogP) is 3.25. The maximum absolute atomic E-state index is 12.2. The first-order valence-corrected chi connectivity index (χ1v) is 10.9. The van der Waals surface area contributed by atoms with Gasteiger partial charge in [-0.25, -0.2) is 9.98 Å². The van der Waals surface area contributed by atoms with E-state index >= 15 is 0 Å². The molecule has 0 radical (unpaired) electrons. The summed E-state index contributed by atoms with van der Waals surface area (Å²) < 4.78 is 2.14. The van der Waals surface area contributed by atoms with E-state index in [1.54, 1.807) is 0 Å². The number of hydrogen-bond acceptors (Lipinski definition) is 3. The van der Waals surface area contributed by atoms with Crippen molar-refractivity contribution < 1.29 is 4.79 Å². The maximum Gasteiger partial charge on any atom is 0.225 e. The molecule has 2 N–H and O–H groups in total. The molecule has 0 unspecified atom stereocenters. The minimum Gasteiger partial charge on any atom is -0.357 e. The summed E-state index contributed by atoms with van der Waals surface area (Å²) >= 11 is 0. The molecule has 1 aromatic heterocycles. The van der Waals surface area contributed by atoms with Crippen LogP contribution >= 0.6 is 24.0 Å². The molecule has 1 aliphatic rings. The highest BCUT2D eigenvalue weighted by atomic mass is 127. The fourth-order valence-electron chi connectivity index (χ4n) is 3.69. The highest BCUT2D eigenvalue weighted by Gasteiger charge is 2.24. The molecule has 1 amide bonds. The summed E-state index contributed by atoms with van der Waals surface area (Å²) in [7, 11) is 0. The predicted molar refractivity (Wildman–Crippen MR) is 136 cm³/mol. The molecule has 0 aliphatic carbocycles. The van der Waals surface area contributed by atoms with E-state index in [4.69, 9.17) is 4.99 Å². The number of halogens is 1. The normalized spacial score (nSPS) is 15.0. The van der Waals surface area contributed by atoms with Gasteiger partial charge >= 0.3 is 0 Å². The first kappa shape index (κ1) is 25.2. The van der Waals surface area contributed by atoms with Crippen LogP contribution in [0.4, 0.5) is 0 Å². The number of carbonyl (C=O) groups is 1. The van der Waals surface area contributed by atoms with Gasteiger partial charge in [-0.15, -0.1) is 24.0 Å². The third-order valence-corrected chi connectivity index (χ3v) is 5.36. The third kappa shape index (κ3) is 7.52. The van der Waals surface area contributed by atoms with Gasteiger partial charge in [0.05, 0.1) is 0 Å². The maximum atomic E-state index is 12.2. The van der Waals surface area contributed by atoms with Crippen LogP contribution in [0.3, 0.4) is 0 Å². The topological polar surface area (TPSA) is 74.6 Å². The highest BCUT2D eigenvalue weighted by molar-refractivity contribution is 14.0. The number of benzene rings is 1. The van der Waals surface area contributed by atoms with Crippen molar-refractivity contribution in [3.8, 4) is 0 Å². The van der Waals surface area contributed by atoms with Crippen LogP contribution in [0.15, 0.2) is 47.7 Å². The summed E-state index contributed by atoms with van der Waals surface area (Å²) in [6.07, 6.45) is 5.70. The zero-order valence-electron chi connectivity index (χ0n) is 18.8. The van der Waals surface area contributed by atoms with Crippen molar-refractivity contribution >= 4 is 35.8 Å². The molecule has 31 heavy (non-hydrogen) atoms. The van der Waals surface area contributed by atoms with Gasteiger partial charge in [-0.2, -0.15) is 0 Å². The molecule has 2 heterocycles. The smallest absolute Gasteiger partial charge is 0.225 e. The SMILES string of the molecule is CCNC(=NCc1nccn1Cc1ccccc1)NC1CCN(C(=O)C(C)C)CC1.I. The number of rotatable bonds is 7. The van der Waals surface area contributed by atoms with Crippen LogP contribution in [0.25, 0.3) is 0 Å². The fourth-order valence-corrected chi connectivity index (χ4v) is 3.69. The Kier molecular flexibility index (Phi) is 10.3. The van der Waals surface area contributed by atoms with E-state index in [9.17, 15) is 4.79 Å². The monoisotopic (exact) mass is 538 g/mol. The molecule has 3 rings (SSSR count). The van der Waals surface area contributed by atoms with Crippen molar-refractivity contribution in [1.82, 2.24) is 25.1 Å². The number of piperidine rings is 1. The van der Waals surface area contributed by atoms with Crippen LogP contribution in [0.5, 0.6) is 0 Å². The summed E-state index contributed by atoms with van der Waals surface area (Å²) in [5, 5.41) is 6.88. The van der Waals surface area contributed by atoms with Gasteiger partial charge in [0, 0.05) is 50.5 Å². The van der Waals surface area contributed by atoms with Crippen LogP contribution < -0.4 is 10.6 Å².